The summed E-state index contributed by atoms with van der Waals surface area (Å²) in [7, 11) is 0. The van der Waals surface area contributed by atoms with Crippen LogP contribution in [0.5, 0.6) is 11.5 Å². The molecule has 0 bridgehead atoms. The molecule has 1 aliphatic heterocycles. The van der Waals surface area contributed by atoms with Gasteiger partial charge in [0.1, 0.15) is 17.5 Å². The normalized spacial score (nSPS) is 13.3. The second kappa shape index (κ2) is 21.4. The monoisotopic (exact) mass is 809 g/mol. The van der Waals surface area contributed by atoms with E-state index in [0.29, 0.717) is 52.3 Å². The van der Waals surface area contributed by atoms with Crippen LogP contribution >= 0.6 is 0 Å². The van der Waals surface area contributed by atoms with Crippen LogP contribution in [0.4, 0.5) is 23.1 Å². The molecular weight excluding hydrogens is 762 g/mol. The summed E-state index contributed by atoms with van der Waals surface area (Å²) < 4.78 is 0. The average Bonchev–Trinajstić information content (AvgIpc) is 3.20. The number of carbonyl (C=O) groups is 4. The smallest absolute Gasteiger partial charge is 0.326 e. The van der Waals surface area contributed by atoms with Crippen LogP contribution < -0.4 is 43.6 Å². The van der Waals surface area contributed by atoms with Gasteiger partial charge in [-0.2, -0.15) is 4.98 Å². The number of pyridine rings is 2. The average molecular weight is 810 g/mol. The number of anilines is 4. The number of aromatic hydroxyl groups is 2. The summed E-state index contributed by atoms with van der Waals surface area (Å²) in [5.74, 6) is -2.83. The molecular formula is C36H47N11O11. The van der Waals surface area contributed by atoms with Crippen molar-refractivity contribution in [3.8, 4) is 11.5 Å². The number of aliphatic hydroxyl groups excluding tert-OH is 2. The summed E-state index contributed by atoms with van der Waals surface area (Å²) in [5.41, 5.74) is 20.0. The first kappa shape index (κ1) is 45.5. The van der Waals surface area contributed by atoms with Gasteiger partial charge in [0, 0.05) is 78.5 Å². The molecule has 312 valence electrons. The Labute approximate surface area is 330 Å². The number of aromatic amines is 1. The number of amides is 2. The zero-order valence-electron chi connectivity index (χ0n) is 31.6. The summed E-state index contributed by atoms with van der Waals surface area (Å²) in [5, 5.41) is 62.9. The highest BCUT2D eigenvalue weighted by Crippen LogP contribution is 2.26. The van der Waals surface area contributed by atoms with E-state index in [-0.39, 0.29) is 73.8 Å². The fourth-order valence-corrected chi connectivity index (χ4v) is 5.49. The van der Waals surface area contributed by atoms with Crippen molar-refractivity contribution >= 4 is 47.4 Å². The molecule has 0 radical (unpaired) electrons. The fraction of sp³-hybridized carbons (Fsp3) is 0.333. The lowest BCUT2D eigenvalue weighted by Crippen LogP contribution is -2.50. The number of nitrogens with one attached hydrogen (secondary N) is 4. The van der Waals surface area contributed by atoms with Crippen LogP contribution in [0.3, 0.4) is 0 Å². The van der Waals surface area contributed by atoms with Crippen molar-refractivity contribution in [2.24, 2.45) is 11.5 Å². The zero-order chi connectivity index (χ0) is 43.1. The lowest BCUT2D eigenvalue weighted by atomic mass is 10.1. The van der Waals surface area contributed by atoms with Crippen LogP contribution in [0, 0.1) is 13.8 Å². The molecule has 0 saturated carbocycles. The van der Waals surface area contributed by atoms with Gasteiger partial charge in [-0.25, -0.2) is 4.79 Å². The Bertz CT molecular complexity index is 2070. The van der Waals surface area contributed by atoms with E-state index in [9.17, 15) is 39.3 Å². The van der Waals surface area contributed by atoms with Gasteiger partial charge in [0.15, 0.2) is 11.5 Å². The SMILES string of the molecule is Cc1ncc(CO)c(CN)c1O.Cc1ncc(CO)c(CN)c1O.Nc1nc2c(c(=O)[nH]1)N(C=O)[C@@H](CNc1ccc(C(=O)N[C@@H](CCC(=O)O)C(=O)O)cc1)CN2. The van der Waals surface area contributed by atoms with Gasteiger partial charge in [0.25, 0.3) is 11.5 Å². The van der Waals surface area contributed by atoms with Gasteiger partial charge in [-0.3, -0.25) is 34.1 Å². The van der Waals surface area contributed by atoms with Gasteiger partial charge < -0.3 is 68.7 Å². The number of hydrogen-bond donors (Lipinski definition) is 13. The molecule has 2 amide bonds. The first-order valence-corrected chi connectivity index (χ1v) is 17.5. The summed E-state index contributed by atoms with van der Waals surface area (Å²) >= 11 is 0. The van der Waals surface area contributed by atoms with Crippen molar-refractivity contribution in [1.29, 1.82) is 0 Å². The Morgan fingerprint density at radius 1 is 0.966 bits per heavy atom. The number of nitrogens with two attached hydrogens (primary N) is 3. The molecule has 5 rings (SSSR count). The molecule has 0 aliphatic carbocycles. The molecule has 4 heterocycles. The number of carbonyl (C=O) groups excluding carboxylic acids is 2. The molecule has 0 saturated heterocycles. The van der Waals surface area contributed by atoms with Crippen molar-refractivity contribution in [2.45, 2.75) is 65.1 Å². The molecule has 58 heavy (non-hydrogen) atoms. The number of nitrogen functional groups attached to an aromatic ring is 1. The molecule has 22 heteroatoms. The number of H-pyrrole nitrogens is 1. The van der Waals surface area contributed by atoms with E-state index in [4.69, 9.17) is 32.5 Å². The topological polar surface area (TPSA) is 379 Å². The minimum Gasteiger partial charge on any atom is -0.506 e. The lowest BCUT2D eigenvalue weighted by molar-refractivity contribution is -0.140. The number of benzene rings is 1. The van der Waals surface area contributed by atoms with E-state index >= 15 is 0 Å². The highest BCUT2D eigenvalue weighted by Gasteiger charge is 2.30. The second-order valence-corrected chi connectivity index (χ2v) is 12.6. The predicted molar refractivity (Wildman–Crippen MR) is 210 cm³/mol. The summed E-state index contributed by atoms with van der Waals surface area (Å²) in [6, 6.07) is 4.36. The number of carboxylic acids is 2. The van der Waals surface area contributed by atoms with E-state index in [2.05, 4.69) is 35.9 Å². The Morgan fingerprint density at radius 3 is 1.98 bits per heavy atom. The number of aliphatic carboxylic acids is 2. The number of aliphatic hydroxyl groups is 2. The third-order valence-corrected chi connectivity index (χ3v) is 8.73. The van der Waals surface area contributed by atoms with E-state index < -0.39 is 41.9 Å². The third kappa shape index (κ3) is 11.8. The van der Waals surface area contributed by atoms with Gasteiger partial charge in [-0.15, -0.1) is 0 Å². The predicted octanol–water partition coefficient (Wildman–Crippen LogP) is -0.638. The van der Waals surface area contributed by atoms with Gasteiger partial charge in [-0.1, -0.05) is 0 Å². The van der Waals surface area contributed by atoms with Crippen LogP contribution in [0.2, 0.25) is 0 Å². The highest BCUT2D eigenvalue weighted by atomic mass is 16.4. The maximum Gasteiger partial charge on any atom is 0.326 e. The Kier molecular flexibility index (Phi) is 16.8. The number of carboxylic acid groups (broad SMARTS) is 2. The maximum atomic E-state index is 12.3. The molecule has 0 fully saturated rings. The molecule has 2 atom stereocenters. The summed E-state index contributed by atoms with van der Waals surface area (Å²) in [6.07, 6.45) is 2.95. The molecule has 1 aromatic carbocycles. The quantitative estimate of drug-likeness (QED) is 0.0704. The number of aromatic nitrogens is 4. The van der Waals surface area contributed by atoms with Gasteiger partial charge >= 0.3 is 11.9 Å². The van der Waals surface area contributed by atoms with Crippen molar-refractivity contribution in [3.63, 3.8) is 0 Å². The van der Waals surface area contributed by atoms with Crippen molar-refractivity contribution in [1.82, 2.24) is 25.3 Å². The van der Waals surface area contributed by atoms with E-state index in [1.807, 2.05) is 0 Å². The minimum absolute atomic E-state index is 0.0603. The number of hydrogen-bond acceptors (Lipinski definition) is 17. The third-order valence-electron chi connectivity index (χ3n) is 8.73. The molecule has 1 aliphatic rings. The first-order chi connectivity index (χ1) is 27.6. The molecule has 4 aromatic rings. The summed E-state index contributed by atoms with van der Waals surface area (Å²) in [6.45, 7) is 4.08. The molecule has 22 nitrogen and oxygen atoms in total. The number of fused-ring (bicyclic) bond motifs is 1. The van der Waals surface area contributed by atoms with E-state index in [0.717, 1.165) is 0 Å². The Morgan fingerprint density at radius 2 is 1.52 bits per heavy atom. The minimum atomic E-state index is -1.33. The molecule has 0 spiro atoms. The van der Waals surface area contributed by atoms with Crippen LogP contribution in [0.15, 0.2) is 41.5 Å². The fourth-order valence-electron chi connectivity index (χ4n) is 5.49. The highest BCUT2D eigenvalue weighted by molar-refractivity contribution is 5.97. The standard InChI is InChI=1S/C20H23N7O7.2C8H12N2O2/c21-20-25-16-15(18(32)26-20)27(9-28)12(8-23-16)7-22-11-3-1-10(2-4-11)17(31)24-13(19(33)34)5-6-14(29)30;2*1-5-8(12)7(2-9)6(4-11)3-10-5/h1-4,9,12-13,22H,5-8H2,(H,24,31)(H,29,30)(H,33,34)(H4,21,23,25,26,32);2*3,11-12H,2,4,9H2,1H3/t12-,13-;;/m0../s1. The van der Waals surface area contributed by atoms with Crippen LogP contribution in [0.25, 0.3) is 0 Å². The largest absolute Gasteiger partial charge is 0.506 e. The van der Waals surface area contributed by atoms with Gasteiger partial charge in [-0.05, 0) is 44.5 Å². The second-order valence-electron chi connectivity index (χ2n) is 12.6. The van der Waals surface area contributed by atoms with Crippen LogP contribution in [-0.4, -0.2) is 100 Å². The maximum absolute atomic E-state index is 12.3. The lowest BCUT2D eigenvalue weighted by Gasteiger charge is -2.34. The first-order valence-electron chi connectivity index (χ1n) is 17.5. The number of rotatable bonds is 14. The summed E-state index contributed by atoms with van der Waals surface area (Å²) in [4.78, 5) is 73.5. The Balaban J connectivity index is 0.000000303. The number of nitrogens with zero attached hydrogens (tertiary/aromatic N) is 4. The van der Waals surface area contributed by atoms with Crippen molar-refractivity contribution in [3.05, 3.63) is 86.2 Å². The Hall–Kier alpha value is -6.88. The van der Waals surface area contributed by atoms with Gasteiger partial charge in [0.2, 0.25) is 12.4 Å². The molecule has 16 N–H and O–H groups in total. The van der Waals surface area contributed by atoms with E-state index in [1.165, 1.54) is 29.4 Å². The molecule has 0 unspecified atom stereocenters. The number of aryl methyl sites for hydroxylation is 2. The van der Waals surface area contributed by atoms with Gasteiger partial charge in [0.05, 0.1) is 30.6 Å². The van der Waals surface area contributed by atoms with Crippen molar-refractivity contribution < 1.29 is 49.8 Å². The zero-order valence-corrected chi connectivity index (χ0v) is 31.6. The van der Waals surface area contributed by atoms with Crippen LogP contribution in [0.1, 0.15) is 56.8 Å². The van der Waals surface area contributed by atoms with Crippen LogP contribution in [-0.2, 0) is 40.7 Å². The van der Waals surface area contributed by atoms with Crippen molar-refractivity contribution in [2.75, 3.05) is 34.4 Å². The van der Waals surface area contributed by atoms with E-state index in [1.54, 1.807) is 26.0 Å². The molecule has 3 aromatic heterocycles.